The normalized spacial score (nSPS) is 12.1. The topological polar surface area (TPSA) is 86.8 Å². The number of nitrogens with one attached hydrogen (secondary N) is 1. The zero-order chi connectivity index (χ0) is 32.7. The van der Waals surface area contributed by atoms with Crippen molar-refractivity contribution in [1.82, 2.24) is 10.2 Å². The Balaban J connectivity index is 1.83. The Bertz CT molecular complexity index is 1740. The van der Waals surface area contributed by atoms with Crippen LogP contribution in [0.15, 0.2) is 102 Å². The third kappa shape index (κ3) is 8.53. The summed E-state index contributed by atoms with van der Waals surface area (Å²) >= 11 is 6.56. The van der Waals surface area contributed by atoms with E-state index in [1.54, 1.807) is 54.6 Å². The molecule has 4 aromatic carbocycles. The van der Waals surface area contributed by atoms with Crippen LogP contribution in [0.3, 0.4) is 0 Å². The van der Waals surface area contributed by atoms with Crippen molar-refractivity contribution in [1.29, 1.82) is 0 Å². The first-order valence-electron chi connectivity index (χ1n) is 14.9. The fourth-order valence-electron chi connectivity index (χ4n) is 4.99. The van der Waals surface area contributed by atoms with Crippen LogP contribution in [0.1, 0.15) is 41.7 Å². The van der Waals surface area contributed by atoms with Gasteiger partial charge in [0.15, 0.2) is 0 Å². The Morgan fingerprint density at radius 1 is 0.822 bits per heavy atom. The average Bonchev–Trinajstić information content (AvgIpc) is 3.00. The first-order valence-corrected chi connectivity index (χ1v) is 16.7. The fourth-order valence-corrected chi connectivity index (χ4v) is 6.59. The number of nitrogens with zero attached hydrogens (tertiary/aromatic N) is 2. The van der Waals surface area contributed by atoms with Gasteiger partial charge in [0.2, 0.25) is 11.8 Å². The van der Waals surface area contributed by atoms with Gasteiger partial charge < -0.3 is 10.2 Å². The van der Waals surface area contributed by atoms with E-state index in [9.17, 15) is 18.0 Å². The Kier molecular flexibility index (Phi) is 11.1. The Morgan fingerprint density at radius 2 is 1.47 bits per heavy atom. The molecular formula is C36H40ClN3O4S. The molecule has 7 nitrogen and oxygen atoms in total. The van der Waals surface area contributed by atoms with Crippen molar-refractivity contribution in [2.45, 2.75) is 64.6 Å². The predicted octanol–water partition coefficient (Wildman–Crippen LogP) is 6.63. The van der Waals surface area contributed by atoms with Gasteiger partial charge in [-0.2, -0.15) is 0 Å². The minimum atomic E-state index is -4.17. The molecule has 0 saturated carbocycles. The highest BCUT2D eigenvalue weighted by Crippen LogP contribution is 2.28. The van der Waals surface area contributed by atoms with Crippen LogP contribution in [-0.2, 0) is 32.6 Å². The molecule has 4 aromatic rings. The number of carbonyl (C=O) groups excluding carboxylic acids is 2. The second kappa shape index (κ2) is 14.8. The van der Waals surface area contributed by atoms with Gasteiger partial charge in [-0.15, -0.1) is 0 Å². The second-order valence-corrected chi connectivity index (χ2v) is 13.8. The predicted molar refractivity (Wildman–Crippen MR) is 181 cm³/mol. The quantitative estimate of drug-likeness (QED) is 0.188. The number of sulfonamides is 1. The van der Waals surface area contributed by atoms with Gasteiger partial charge in [-0.1, -0.05) is 83.9 Å². The lowest BCUT2D eigenvalue weighted by Crippen LogP contribution is -2.54. The zero-order valence-electron chi connectivity index (χ0n) is 26.3. The third-order valence-electron chi connectivity index (χ3n) is 7.67. The summed E-state index contributed by atoms with van der Waals surface area (Å²) in [5, 5.41) is 3.40. The fraction of sp³-hybridized carbons (Fsp3) is 0.278. The first kappa shape index (κ1) is 33.7. The summed E-state index contributed by atoms with van der Waals surface area (Å²) in [5.41, 5.74) is 4.64. The van der Waals surface area contributed by atoms with Crippen LogP contribution in [0.25, 0.3) is 0 Å². The number of rotatable bonds is 12. The number of amides is 2. The van der Waals surface area contributed by atoms with Crippen molar-refractivity contribution in [2.75, 3.05) is 10.8 Å². The largest absolute Gasteiger partial charge is 0.352 e. The summed E-state index contributed by atoms with van der Waals surface area (Å²) in [6, 6.07) is 27.3. The van der Waals surface area contributed by atoms with E-state index in [0.717, 1.165) is 26.6 Å². The number of benzene rings is 4. The van der Waals surface area contributed by atoms with Crippen LogP contribution >= 0.6 is 11.6 Å². The van der Waals surface area contributed by atoms with Crippen molar-refractivity contribution in [2.24, 2.45) is 0 Å². The molecule has 0 aromatic heterocycles. The molecule has 0 aliphatic heterocycles. The zero-order valence-corrected chi connectivity index (χ0v) is 27.9. The van der Waals surface area contributed by atoms with Gasteiger partial charge in [0.1, 0.15) is 12.6 Å². The van der Waals surface area contributed by atoms with E-state index >= 15 is 0 Å². The van der Waals surface area contributed by atoms with Crippen molar-refractivity contribution in [3.63, 3.8) is 0 Å². The maximum Gasteiger partial charge on any atom is 0.264 e. The molecule has 236 valence electrons. The van der Waals surface area contributed by atoms with Crippen molar-refractivity contribution < 1.29 is 18.0 Å². The van der Waals surface area contributed by atoms with E-state index in [2.05, 4.69) is 5.32 Å². The van der Waals surface area contributed by atoms with E-state index in [1.165, 1.54) is 4.90 Å². The molecular weight excluding hydrogens is 606 g/mol. The molecule has 1 N–H and O–H groups in total. The maximum absolute atomic E-state index is 14.5. The summed E-state index contributed by atoms with van der Waals surface area (Å²) in [4.78, 5) is 29.9. The van der Waals surface area contributed by atoms with Gasteiger partial charge in [0.05, 0.1) is 10.6 Å². The smallest absolute Gasteiger partial charge is 0.264 e. The molecule has 4 rings (SSSR count). The molecule has 0 unspecified atom stereocenters. The molecule has 0 fully saturated rings. The van der Waals surface area contributed by atoms with E-state index in [4.69, 9.17) is 11.6 Å². The monoisotopic (exact) mass is 645 g/mol. The van der Waals surface area contributed by atoms with Crippen molar-refractivity contribution in [3.05, 3.63) is 130 Å². The van der Waals surface area contributed by atoms with Crippen LogP contribution in [-0.4, -0.2) is 43.8 Å². The van der Waals surface area contributed by atoms with Gasteiger partial charge in [-0.05, 0) is 87.2 Å². The van der Waals surface area contributed by atoms with E-state index in [0.29, 0.717) is 16.3 Å². The highest BCUT2D eigenvalue weighted by Gasteiger charge is 2.35. The number of hydrogen-bond acceptors (Lipinski definition) is 4. The van der Waals surface area contributed by atoms with Gasteiger partial charge in [-0.3, -0.25) is 13.9 Å². The number of carbonyl (C=O) groups is 2. The lowest BCUT2D eigenvalue weighted by molar-refractivity contribution is -0.140. The molecule has 0 saturated heterocycles. The lowest BCUT2D eigenvalue weighted by atomic mass is 10.0. The van der Waals surface area contributed by atoms with Crippen molar-refractivity contribution in [3.8, 4) is 0 Å². The highest BCUT2D eigenvalue weighted by atomic mass is 35.5. The van der Waals surface area contributed by atoms with Crippen LogP contribution in [0.4, 0.5) is 5.69 Å². The molecule has 9 heteroatoms. The molecule has 0 aliphatic rings. The molecule has 1 atom stereocenters. The number of anilines is 1. The van der Waals surface area contributed by atoms with E-state index < -0.39 is 28.5 Å². The lowest BCUT2D eigenvalue weighted by Gasteiger charge is -2.34. The minimum Gasteiger partial charge on any atom is -0.352 e. The SMILES string of the molecule is Cc1ccc(S(=O)(=O)N(CC(=O)N(Cc2ccccc2Cl)[C@@H](Cc2ccccc2)C(=O)NC(C)C)c2ccc(C)c(C)c2)cc1. The van der Waals surface area contributed by atoms with Gasteiger partial charge in [0, 0.05) is 24.0 Å². The summed E-state index contributed by atoms with van der Waals surface area (Å²) in [5.74, 6) is -0.878. The highest BCUT2D eigenvalue weighted by molar-refractivity contribution is 7.92. The van der Waals surface area contributed by atoms with Gasteiger partial charge in [0.25, 0.3) is 10.0 Å². The Morgan fingerprint density at radius 3 is 2.09 bits per heavy atom. The summed E-state index contributed by atoms with van der Waals surface area (Å²) < 4.78 is 29.5. The molecule has 0 aliphatic carbocycles. The van der Waals surface area contributed by atoms with Crippen LogP contribution in [0.2, 0.25) is 5.02 Å². The van der Waals surface area contributed by atoms with Crippen molar-refractivity contribution >= 4 is 39.1 Å². The molecule has 0 radical (unpaired) electrons. The van der Waals surface area contributed by atoms with Gasteiger partial charge in [-0.25, -0.2) is 8.42 Å². The van der Waals surface area contributed by atoms with Crippen LogP contribution in [0, 0.1) is 20.8 Å². The van der Waals surface area contributed by atoms with Gasteiger partial charge >= 0.3 is 0 Å². The molecule has 45 heavy (non-hydrogen) atoms. The molecule has 0 heterocycles. The Hall–Kier alpha value is -4.14. The summed E-state index contributed by atoms with van der Waals surface area (Å²) in [6.07, 6.45) is 0.226. The third-order valence-corrected chi connectivity index (χ3v) is 9.82. The standard InChI is InChI=1S/C36H40ClN3O4S/c1-25(2)38-36(42)34(22-29-11-7-6-8-12-29)39(23-30-13-9-10-14-33(30)37)35(41)24-40(31-18-17-27(4)28(5)21-31)45(43,44)32-19-15-26(3)16-20-32/h6-21,25,34H,22-24H2,1-5H3,(H,38,42)/t34-/m0/s1. The first-order chi connectivity index (χ1) is 21.4. The maximum atomic E-state index is 14.5. The molecule has 0 bridgehead atoms. The molecule has 2 amide bonds. The summed E-state index contributed by atoms with van der Waals surface area (Å²) in [7, 11) is -4.17. The minimum absolute atomic E-state index is 0.00681. The molecule has 0 spiro atoms. The summed E-state index contributed by atoms with van der Waals surface area (Å²) in [6.45, 7) is 8.91. The average molecular weight is 646 g/mol. The van der Waals surface area contributed by atoms with Crippen LogP contribution < -0.4 is 9.62 Å². The van der Waals surface area contributed by atoms with E-state index in [-0.39, 0.29) is 29.8 Å². The number of aryl methyl sites for hydroxylation is 3. The number of hydrogen-bond donors (Lipinski definition) is 1. The van der Waals surface area contributed by atoms with E-state index in [1.807, 2.05) is 77.1 Å². The second-order valence-electron chi connectivity index (χ2n) is 11.6. The number of halogens is 1. The Labute approximate surface area is 271 Å². The van der Waals surface area contributed by atoms with Crippen LogP contribution in [0.5, 0.6) is 0 Å².